The van der Waals surface area contributed by atoms with Crippen LogP contribution in [-0.4, -0.2) is 29.9 Å². The Labute approximate surface area is 73.9 Å². The molecule has 1 aliphatic heterocycles. The van der Waals surface area contributed by atoms with Gasteiger partial charge in [-0.25, -0.2) is 0 Å². The summed E-state index contributed by atoms with van der Waals surface area (Å²) >= 11 is 0. The van der Waals surface area contributed by atoms with E-state index in [0.717, 1.165) is 25.9 Å². The lowest BCUT2D eigenvalue weighted by Gasteiger charge is -2.23. The first kappa shape index (κ1) is 9.52. The average Bonchev–Trinajstić information content (AvgIpc) is 2.33. The van der Waals surface area contributed by atoms with Gasteiger partial charge in [0.25, 0.3) is 0 Å². The Morgan fingerprint density at radius 2 is 2.33 bits per heavy atom. The molecule has 3 heteroatoms. The lowest BCUT2D eigenvalue weighted by Crippen LogP contribution is -2.41. The molecule has 0 saturated carbocycles. The maximum Gasteiger partial charge on any atom is 0.234 e. The average molecular weight is 175 g/mol. The molecule has 1 rings (SSSR count). The monoisotopic (exact) mass is 175 g/mol. The summed E-state index contributed by atoms with van der Waals surface area (Å²) in [6.07, 6.45) is 2.06. The molecule has 1 aliphatic rings. The van der Waals surface area contributed by atoms with Gasteiger partial charge in [0.1, 0.15) is 0 Å². The fourth-order valence-electron chi connectivity index (χ4n) is 1.84. The molecule has 2 N–H and O–H groups in total. The predicted octanol–water partition coefficient (Wildman–Crippen LogP) is 0.592. The third kappa shape index (κ3) is 2.21. The van der Waals surface area contributed by atoms with Crippen LogP contribution in [0.4, 0.5) is 0 Å². The smallest absolute Gasteiger partial charge is 0.234 e. The topological polar surface area (TPSA) is 46.3 Å². The molecule has 1 unspecified atom stereocenters. The highest BCUT2D eigenvalue weighted by Gasteiger charge is 2.28. The van der Waals surface area contributed by atoms with Crippen molar-refractivity contribution in [3.8, 4) is 0 Å². The zero-order valence-corrected chi connectivity index (χ0v) is 7.92. The molecule has 1 saturated heterocycles. The first-order chi connectivity index (χ1) is 5.61. The van der Waals surface area contributed by atoms with Crippen LogP contribution in [0.2, 0.25) is 0 Å². The van der Waals surface area contributed by atoms with Crippen molar-refractivity contribution >= 4 is 5.91 Å². The number of hydrogen-bond donors (Lipinski definition) is 1. The summed E-state index contributed by atoms with van der Waals surface area (Å²) in [6, 6.07) is 0.00685. The molecule has 70 valence electrons. The van der Waals surface area contributed by atoms with Crippen molar-refractivity contribution in [2.75, 3.05) is 13.1 Å². The van der Waals surface area contributed by atoms with Crippen LogP contribution in [-0.2, 0) is 4.79 Å². The zero-order chi connectivity index (χ0) is 9.14. The van der Waals surface area contributed by atoms with Crippen LogP contribution in [0.25, 0.3) is 0 Å². The number of nitrogens with zero attached hydrogens (tertiary/aromatic N) is 1. The Balaban J connectivity index is 2.46. The van der Waals surface area contributed by atoms with E-state index >= 15 is 0 Å². The second-order valence-corrected chi connectivity index (χ2v) is 3.95. The molecule has 0 aromatic heterocycles. The fourth-order valence-corrected chi connectivity index (χ4v) is 1.84. The van der Waals surface area contributed by atoms with E-state index in [4.69, 9.17) is 5.73 Å². The number of amides is 1. The van der Waals surface area contributed by atoms with Gasteiger partial charge in [0, 0.05) is 6.54 Å². The predicted molar refractivity (Wildman–Crippen MR) is 48.6 cm³/mol. The van der Waals surface area contributed by atoms with Gasteiger partial charge in [-0.3, -0.25) is 9.69 Å². The highest BCUT2D eigenvalue weighted by atomic mass is 16.2. The third-order valence-electron chi connectivity index (χ3n) is 2.29. The lowest BCUT2D eigenvalue weighted by atomic mass is 10.4. The summed E-state index contributed by atoms with van der Waals surface area (Å²) < 4.78 is 0. The third-order valence-corrected chi connectivity index (χ3v) is 2.29. The molecule has 1 atom stereocenters. The molecule has 0 spiro atoms. The number of hydrogen-bond acceptors (Lipinski definition) is 2. The van der Waals surface area contributed by atoms with Gasteiger partial charge in [-0.05, 0) is 25.3 Å². The molecule has 1 amide bonds. The van der Waals surface area contributed by atoms with Gasteiger partial charge in [-0.2, -0.15) is 0 Å². The van der Waals surface area contributed by atoms with Crippen LogP contribution >= 0.6 is 0 Å². The Bertz CT molecular complexity index is 168. The minimum Gasteiger partial charge on any atom is -0.368 e. The van der Waals surface area contributed by atoms with E-state index in [1.165, 1.54) is 0 Å². The van der Waals surface area contributed by atoms with Crippen LogP contribution in [0.15, 0.2) is 0 Å². The van der Waals surface area contributed by atoms with E-state index in [0.29, 0.717) is 5.92 Å². The van der Waals surface area contributed by atoms with E-state index in [1.807, 2.05) is 0 Å². The Hall–Kier alpha value is -0.570. The summed E-state index contributed by atoms with van der Waals surface area (Å²) in [5.41, 5.74) is 5.28. The fraction of sp³-hybridized carbons (Fsp3) is 0.889. The molecular formula is C9H18N2O. The number of carbonyl (C=O) groups excluding carboxylic acids is 1. The first-order valence-corrected chi connectivity index (χ1v) is 4.64. The normalized spacial score (nSPS) is 25.1. The second kappa shape index (κ2) is 3.90. The molecule has 0 aromatic rings. The molecule has 12 heavy (non-hydrogen) atoms. The van der Waals surface area contributed by atoms with Crippen molar-refractivity contribution in [2.45, 2.75) is 32.7 Å². The maximum absolute atomic E-state index is 11.0. The number of likely N-dealkylation sites (tertiary alicyclic amines) is 1. The standard InChI is InChI=1S/C9H18N2O/c1-7(2)6-11-5-3-4-8(11)9(10)12/h7-8H,3-6H2,1-2H3,(H2,10,12)/i6+1,7+1,8+1,10+1,11+1. The highest BCUT2D eigenvalue weighted by Crippen LogP contribution is 2.17. The Morgan fingerprint density at radius 1 is 1.67 bits per heavy atom. The van der Waals surface area contributed by atoms with Gasteiger partial charge < -0.3 is 5.73 Å². The van der Waals surface area contributed by atoms with E-state index < -0.39 is 0 Å². The van der Waals surface area contributed by atoms with Gasteiger partial charge in [-0.15, -0.1) is 0 Å². The van der Waals surface area contributed by atoms with Gasteiger partial charge in [0.15, 0.2) is 0 Å². The Kier molecular flexibility index (Phi) is 3.09. The molecule has 0 radical (unpaired) electrons. The summed E-state index contributed by atoms with van der Waals surface area (Å²) in [7, 11) is 0. The van der Waals surface area contributed by atoms with E-state index in [9.17, 15) is 4.79 Å². The number of carbonyl (C=O) groups is 1. The highest BCUT2D eigenvalue weighted by molar-refractivity contribution is 5.80. The molecule has 0 bridgehead atoms. The molecular weight excluding hydrogens is 157 g/mol. The number of nitrogens with two attached hydrogens (primary N) is 1. The summed E-state index contributed by atoms with van der Waals surface area (Å²) in [5.74, 6) is 0.457. The van der Waals surface area contributed by atoms with E-state index in [1.54, 1.807) is 0 Å². The van der Waals surface area contributed by atoms with Gasteiger partial charge in [0.2, 0.25) is 5.91 Å². The van der Waals surface area contributed by atoms with Crippen molar-refractivity contribution in [2.24, 2.45) is 11.7 Å². The van der Waals surface area contributed by atoms with Crippen LogP contribution < -0.4 is 5.73 Å². The lowest BCUT2D eigenvalue weighted by molar-refractivity contribution is -0.122. The molecule has 1 heterocycles. The maximum atomic E-state index is 11.0. The quantitative estimate of drug-likeness (QED) is 0.504. The van der Waals surface area contributed by atoms with Crippen molar-refractivity contribution in [3.05, 3.63) is 0 Å². The minimum absolute atomic E-state index is 0.00685. The summed E-state index contributed by atoms with van der Waals surface area (Å²) in [5, 5.41) is 0. The van der Waals surface area contributed by atoms with Crippen LogP contribution in [0, 0.1) is 5.92 Å². The minimum atomic E-state index is -0.159. The van der Waals surface area contributed by atoms with Crippen LogP contribution in [0.5, 0.6) is 0 Å². The molecule has 0 aromatic carbocycles. The van der Waals surface area contributed by atoms with Crippen LogP contribution in [0.3, 0.4) is 0 Å². The second-order valence-electron chi connectivity index (χ2n) is 3.95. The van der Waals surface area contributed by atoms with Gasteiger partial charge in [-0.1, -0.05) is 13.8 Å². The Morgan fingerprint density at radius 3 is 2.83 bits per heavy atom. The number of rotatable bonds is 3. The molecule has 3 nitrogen and oxygen atoms in total. The van der Waals surface area contributed by atoms with Crippen molar-refractivity contribution < 1.29 is 4.79 Å². The molecule has 1 fully saturated rings. The first-order valence-electron chi connectivity index (χ1n) is 4.64. The number of primary amides is 1. The molecule has 0 aliphatic carbocycles. The van der Waals surface area contributed by atoms with Crippen molar-refractivity contribution in [1.82, 2.24) is 4.90 Å². The zero-order valence-electron chi connectivity index (χ0n) is 7.92. The summed E-state index contributed by atoms with van der Waals surface area (Å²) in [4.78, 5) is 13.2. The largest absolute Gasteiger partial charge is 0.368 e. The van der Waals surface area contributed by atoms with Crippen molar-refractivity contribution in [3.63, 3.8) is 0 Å². The van der Waals surface area contributed by atoms with E-state index in [-0.39, 0.29) is 11.9 Å². The van der Waals surface area contributed by atoms with Crippen molar-refractivity contribution in [1.29, 1.82) is 0 Å². The van der Waals surface area contributed by atoms with Crippen LogP contribution in [0.1, 0.15) is 26.7 Å². The summed E-state index contributed by atoms with van der Waals surface area (Å²) in [6.45, 7) is 6.35. The van der Waals surface area contributed by atoms with E-state index in [2.05, 4.69) is 18.7 Å². The van der Waals surface area contributed by atoms with Gasteiger partial charge in [0.05, 0.1) is 6.04 Å². The van der Waals surface area contributed by atoms with Gasteiger partial charge >= 0.3 is 0 Å². The SMILES string of the molecule is C[13CH](C)[13CH2][15N]1CCC[13CH]1C([15NH2])=O.